The predicted molar refractivity (Wildman–Crippen MR) is 45.5 cm³/mol. The number of nitrogen functional groups attached to an aromatic ring is 1. The molecule has 1 aromatic carbocycles. The van der Waals surface area contributed by atoms with Gasteiger partial charge in [0.1, 0.15) is 0 Å². The van der Waals surface area contributed by atoms with E-state index >= 15 is 0 Å². The van der Waals surface area contributed by atoms with Crippen LogP contribution in [0, 0.1) is 0 Å². The minimum atomic E-state index is 0.557. The van der Waals surface area contributed by atoms with E-state index in [1.165, 1.54) is 0 Å². The van der Waals surface area contributed by atoms with Crippen molar-refractivity contribution < 1.29 is 0 Å². The molecule has 0 aliphatic heterocycles. The maximum absolute atomic E-state index is 5.77. The van der Waals surface area contributed by atoms with Gasteiger partial charge in [-0.3, -0.25) is 0 Å². The third-order valence-corrected chi connectivity index (χ3v) is 1.87. The van der Waals surface area contributed by atoms with Crippen molar-refractivity contribution in [3.05, 3.63) is 23.5 Å². The molecule has 0 unspecified atom stereocenters. The summed E-state index contributed by atoms with van der Waals surface area (Å²) in [5, 5.41) is 0.557. The van der Waals surface area contributed by atoms with Gasteiger partial charge in [-0.2, -0.15) is 0 Å². The van der Waals surface area contributed by atoms with Gasteiger partial charge < -0.3 is 10.7 Å². The molecule has 0 aliphatic rings. The summed E-state index contributed by atoms with van der Waals surface area (Å²) in [4.78, 5) is 6.96. The number of aromatic nitrogens is 2. The average Bonchev–Trinajstić information content (AvgIpc) is 2.36. The maximum atomic E-state index is 5.77. The zero-order valence-corrected chi connectivity index (χ0v) is 6.39. The Morgan fingerprint density at radius 1 is 1.45 bits per heavy atom. The Hall–Kier alpha value is -1.22. The normalized spacial score (nSPS) is 10.6. The smallest absolute Gasteiger partial charge is 0.0931 e. The van der Waals surface area contributed by atoms with Gasteiger partial charge in [0, 0.05) is 0 Å². The Kier molecular flexibility index (Phi) is 1.26. The van der Waals surface area contributed by atoms with Crippen LogP contribution in [-0.2, 0) is 0 Å². The van der Waals surface area contributed by atoms with Crippen LogP contribution in [0.1, 0.15) is 0 Å². The molecule has 0 fully saturated rings. The van der Waals surface area contributed by atoms with Crippen molar-refractivity contribution in [2.75, 3.05) is 5.73 Å². The standard InChI is InChI=1S/C7H6ClN3/c8-4-1-6-7(2-5(4)9)11-3-10-6/h1-3H,9H2,(H,10,11). The number of imidazole rings is 1. The van der Waals surface area contributed by atoms with Gasteiger partial charge in [0.2, 0.25) is 0 Å². The van der Waals surface area contributed by atoms with Crippen molar-refractivity contribution in [3.8, 4) is 0 Å². The summed E-state index contributed by atoms with van der Waals surface area (Å²) in [5.41, 5.74) is 7.87. The lowest BCUT2D eigenvalue weighted by Crippen LogP contribution is -1.85. The summed E-state index contributed by atoms with van der Waals surface area (Å²) >= 11 is 5.77. The van der Waals surface area contributed by atoms with Crippen LogP contribution in [0.4, 0.5) is 5.69 Å². The molecule has 2 rings (SSSR count). The van der Waals surface area contributed by atoms with Gasteiger partial charge >= 0.3 is 0 Å². The van der Waals surface area contributed by atoms with Crippen LogP contribution >= 0.6 is 11.6 Å². The fraction of sp³-hybridized carbons (Fsp3) is 0. The maximum Gasteiger partial charge on any atom is 0.0931 e. The fourth-order valence-electron chi connectivity index (χ4n) is 0.972. The lowest BCUT2D eigenvalue weighted by molar-refractivity contribution is 1.34. The molecule has 0 radical (unpaired) electrons. The summed E-state index contributed by atoms with van der Waals surface area (Å²) in [6, 6.07) is 3.51. The van der Waals surface area contributed by atoms with Crippen molar-refractivity contribution in [2.24, 2.45) is 0 Å². The molecule has 0 atom stereocenters. The van der Waals surface area contributed by atoms with Crippen LogP contribution in [0.25, 0.3) is 11.0 Å². The van der Waals surface area contributed by atoms with Gasteiger partial charge in [-0.25, -0.2) is 4.98 Å². The molecule has 3 N–H and O–H groups in total. The Morgan fingerprint density at radius 2 is 2.27 bits per heavy atom. The Bertz CT molecular complexity index is 357. The molecule has 3 nitrogen and oxygen atoms in total. The summed E-state index contributed by atoms with van der Waals surface area (Å²) < 4.78 is 0. The summed E-state index contributed by atoms with van der Waals surface area (Å²) in [5.74, 6) is 0. The first-order valence-electron chi connectivity index (χ1n) is 3.15. The topological polar surface area (TPSA) is 54.7 Å². The van der Waals surface area contributed by atoms with E-state index in [9.17, 15) is 0 Å². The third kappa shape index (κ3) is 0.935. The van der Waals surface area contributed by atoms with Gasteiger partial charge in [0.25, 0.3) is 0 Å². The number of hydrogen-bond acceptors (Lipinski definition) is 2. The van der Waals surface area contributed by atoms with Gasteiger partial charge in [0.15, 0.2) is 0 Å². The molecule has 0 amide bonds. The third-order valence-electron chi connectivity index (χ3n) is 1.54. The number of halogens is 1. The number of nitrogens with two attached hydrogens (primary N) is 1. The van der Waals surface area contributed by atoms with Crippen molar-refractivity contribution in [2.45, 2.75) is 0 Å². The van der Waals surface area contributed by atoms with E-state index in [-0.39, 0.29) is 0 Å². The van der Waals surface area contributed by atoms with E-state index in [2.05, 4.69) is 9.97 Å². The number of aromatic amines is 1. The van der Waals surface area contributed by atoms with Crippen molar-refractivity contribution in [1.29, 1.82) is 0 Å². The molecule has 4 heteroatoms. The molecule has 0 aliphatic carbocycles. The van der Waals surface area contributed by atoms with E-state index < -0.39 is 0 Å². The molecule has 56 valence electrons. The zero-order chi connectivity index (χ0) is 7.84. The number of rotatable bonds is 0. The van der Waals surface area contributed by atoms with Gasteiger partial charge in [-0.1, -0.05) is 11.6 Å². The van der Waals surface area contributed by atoms with Crippen molar-refractivity contribution in [1.82, 2.24) is 9.97 Å². The summed E-state index contributed by atoms with van der Waals surface area (Å²) in [6.07, 6.45) is 1.61. The van der Waals surface area contributed by atoms with Crippen molar-refractivity contribution >= 4 is 28.3 Å². The number of anilines is 1. The number of H-pyrrole nitrogens is 1. The number of hydrogen-bond donors (Lipinski definition) is 2. The first-order chi connectivity index (χ1) is 5.27. The molecular formula is C7H6ClN3. The minimum Gasteiger partial charge on any atom is -0.397 e. The number of fused-ring (bicyclic) bond motifs is 1. The lowest BCUT2D eigenvalue weighted by atomic mass is 10.3. The second-order valence-electron chi connectivity index (χ2n) is 2.29. The van der Waals surface area contributed by atoms with E-state index in [1.807, 2.05) is 0 Å². The van der Waals surface area contributed by atoms with E-state index in [1.54, 1.807) is 18.5 Å². The van der Waals surface area contributed by atoms with Gasteiger partial charge in [-0.15, -0.1) is 0 Å². The molecule has 1 aromatic heterocycles. The van der Waals surface area contributed by atoms with Crippen LogP contribution in [0.5, 0.6) is 0 Å². The second-order valence-corrected chi connectivity index (χ2v) is 2.70. The highest BCUT2D eigenvalue weighted by Crippen LogP contribution is 2.23. The molecule has 0 saturated heterocycles. The lowest BCUT2D eigenvalue weighted by Gasteiger charge is -1.95. The molecule has 0 saturated carbocycles. The van der Waals surface area contributed by atoms with Gasteiger partial charge in [-0.05, 0) is 12.1 Å². The highest BCUT2D eigenvalue weighted by Gasteiger charge is 2.00. The minimum absolute atomic E-state index is 0.557. The van der Waals surface area contributed by atoms with E-state index in [0.29, 0.717) is 10.7 Å². The number of nitrogens with zero attached hydrogens (tertiary/aromatic N) is 1. The Balaban J connectivity index is 2.86. The monoisotopic (exact) mass is 167 g/mol. The fourth-order valence-corrected chi connectivity index (χ4v) is 1.14. The Morgan fingerprint density at radius 3 is 3.09 bits per heavy atom. The van der Waals surface area contributed by atoms with Crippen LogP contribution in [-0.4, -0.2) is 9.97 Å². The molecule has 1 heterocycles. The predicted octanol–water partition coefficient (Wildman–Crippen LogP) is 1.80. The first-order valence-corrected chi connectivity index (χ1v) is 3.53. The average molecular weight is 168 g/mol. The largest absolute Gasteiger partial charge is 0.397 e. The summed E-state index contributed by atoms with van der Waals surface area (Å²) in [6.45, 7) is 0. The van der Waals surface area contributed by atoms with Crippen LogP contribution < -0.4 is 5.73 Å². The molecule has 11 heavy (non-hydrogen) atoms. The highest BCUT2D eigenvalue weighted by molar-refractivity contribution is 6.33. The second kappa shape index (κ2) is 2.13. The molecule has 0 bridgehead atoms. The van der Waals surface area contributed by atoms with Crippen LogP contribution in [0.3, 0.4) is 0 Å². The van der Waals surface area contributed by atoms with Crippen molar-refractivity contribution in [3.63, 3.8) is 0 Å². The van der Waals surface area contributed by atoms with Gasteiger partial charge in [0.05, 0.1) is 28.1 Å². The summed E-state index contributed by atoms with van der Waals surface area (Å²) in [7, 11) is 0. The quantitative estimate of drug-likeness (QED) is 0.588. The van der Waals surface area contributed by atoms with E-state index in [4.69, 9.17) is 17.3 Å². The highest BCUT2D eigenvalue weighted by atomic mass is 35.5. The zero-order valence-electron chi connectivity index (χ0n) is 5.63. The molecule has 2 aromatic rings. The molecular weight excluding hydrogens is 162 g/mol. The van der Waals surface area contributed by atoms with Crippen LogP contribution in [0.2, 0.25) is 5.02 Å². The first kappa shape index (κ1) is 6.49. The van der Waals surface area contributed by atoms with E-state index in [0.717, 1.165) is 11.0 Å². The van der Waals surface area contributed by atoms with Crippen LogP contribution in [0.15, 0.2) is 18.5 Å². The molecule has 0 spiro atoms. The Labute approximate surface area is 68.2 Å². The number of nitrogens with one attached hydrogen (secondary N) is 1. The number of benzene rings is 1. The SMILES string of the molecule is Nc1cc2nc[nH]c2cc1Cl.